The number of anilines is 1. The van der Waals surface area contributed by atoms with E-state index < -0.39 is 16.0 Å². The summed E-state index contributed by atoms with van der Waals surface area (Å²) >= 11 is 0. The topological polar surface area (TPSA) is 69.7 Å². The normalized spacial score (nSPS) is 11.5. The molecule has 6 nitrogen and oxygen atoms in total. The molecular weight excluding hydrogens is 489 g/mol. The Morgan fingerprint density at radius 1 is 0.784 bits per heavy atom. The van der Waals surface area contributed by atoms with Crippen LogP contribution in [0.15, 0.2) is 109 Å². The van der Waals surface area contributed by atoms with E-state index in [1.54, 1.807) is 30.3 Å². The van der Waals surface area contributed by atoms with E-state index in [0.717, 1.165) is 19.7 Å². The first-order chi connectivity index (χ1) is 17.8. The summed E-state index contributed by atoms with van der Waals surface area (Å²) in [5, 5.41) is 3.10. The molecule has 0 atom stereocenters. The largest absolute Gasteiger partial charge is 0.341 e. The maximum atomic E-state index is 14.5. The van der Waals surface area contributed by atoms with Crippen LogP contribution in [0.5, 0.6) is 0 Å². The highest BCUT2D eigenvalue weighted by molar-refractivity contribution is 7.90. The van der Waals surface area contributed by atoms with Crippen molar-refractivity contribution in [1.29, 1.82) is 0 Å². The third-order valence-electron chi connectivity index (χ3n) is 5.94. The maximum absolute atomic E-state index is 14.5. The Morgan fingerprint density at radius 2 is 1.30 bits per heavy atom. The second kappa shape index (κ2) is 11.4. The predicted octanol–water partition coefficient (Wildman–Crippen LogP) is 5.16. The van der Waals surface area contributed by atoms with Gasteiger partial charge in [-0.05, 0) is 41.0 Å². The van der Waals surface area contributed by atoms with E-state index in [4.69, 9.17) is 0 Å². The molecule has 0 aromatic heterocycles. The van der Waals surface area contributed by atoms with Crippen LogP contribution < -0.4 is 9.62 Å². The number of para-hydroxylation sites is 1. The van der Waals surface area contributed by atoms with Gasteiger partial charge in [-0.2, -0.15) is 12.7 Å². The molecule has 37 heavy (non-hydrogen) atoms. The quantitative estimate of drug-likeness (QED) is 0.334. The van der Waals surface area contributed by atoms with Gasteiger partial charge in [0, 0.05) is 19.7 Å². The van der Waals surface area contributed by atoms with E-state index >= 15 is 0 Å². The van der Waals surface area contributed by atoms with Crippen molar-refractivity contribution < 1.29 is 17.6 Å². The van der Waals surface area contributed by atoms with Gasteiger partial charge < -0.3 is 5.32 Å². The van der Waals surface area contributed by atoms with E-state index in [-0.39, 0.29) is 24.2 Å². The third-order valence-corrected chi connectivity index (χ3v) is 7.75. The molecule has 1 amide bonds. The van der Waals surface area contributed by atoms with Crippen LogP contribution in [0.25, 0.3) is 0 Å². The van der Waals surface area contributed by atoms with E-state index in [2.05, 4.69) is 5.32 Å². The molecule has 0 unspecified atom stereocenters. The van der Waals surface area contributed by atoms with Gasteiger partial charge in [0.25, 0.3) is 5.91 Å². The van der Waals surface area contributed by atoms with Crippen molar-refractivity contribution in [2.24, 2.45) is 0 Å². The zero-order valence-electron chi connectivity index (χ0n) is 20.6. The zero-order valence-corrected chi connectivity index (χ0v) is 21.4. The van der Waals surface area contributed by atoms with Gasteiger partial charge in [0.1, 0.15) is 5.82 Å². The Labute approximate surface area is 217 Å². The number of nitrogens with zero attached hydrogens (tertiary/aromatic N) is 2. The summed E-state index contributed by atoms with van der Waals surface area (Å²) in [5.74, 6) is -0.909. The van der Waals surface area contributed by atoms with Crippen LogP contribution in [0.3, 0.4) is 0 Å². The van der Waals surface area contributed by atoms with Crippen LogP contribution in [-0.2, 0) is 16.8 Å². The first-order valence-electron chi connectivity index (χ1n) is 11.7. The molecule has 8 heteroatoms. The first kappa shape index (κ1) is 26.1. The molecule has 1 N–H and O–H groups in total. The summed E-state index contributed by atoms with van der Waals surface area (Å²) in [7, 11) is -1.18. The highest BCUT2D eigenvalue weighted by atomic mass is 32.2. The van der Waals surface area contributed by atoms with Crippen molar-refractivity contribution >= 4 is 21.8 Å². The predicted molar refractivity (Wildman–Crippen MR) is 144 cm³/mol. The highest BCUT2D eigenvalue weighted by Gasteiger charge is 2.27. The second-order valence-corrected chi connectivity index (χ2v) is 10.7. The average Bonchev–Trinajstić information content (AvgIpc) is 2.92. The lowest BCUT2D eigenvalue weighted by atomic mass is 9.98. The number of halogens is 1. The fourth-order valence-electron chi connectivity index (χ4n) is 3.93. The van der Waals surface area contributed by atoms with Crippen LogP contribution in [0.1, 0.15) is 33.1 Å². The molecule has 4 aromatic rings. The monoisotopic (exact) mass is 517 g/mol. The van der Waals surface area contributed by atoms with Crippen molar-refractivity contribution in [3.63, 3.8) is 0 Å². The summed E-state index contributed by atoms with van der Waals surface area (Å²) in [4.78, 5) is 13.2. The summed E-state index contributed by atoms with van der Waals surface area (Å²) in [6, 6.07) is 31.4. The van der Waals surface area contributed by atoms with E-state index in [0.29, 0.717) is 11.1 Å². The van der Waals surface area contributed by atoms with Crippen molar-refractivity contribution in [1.82, 2.24) is 9.62 Å². The van der Waals surface area contributed by atoms with Crippen LogP contribution in [0.4, 0.5) is 10.1 Å². The Morgan fingerprint density at radius 3 is 1.81 bits per heavy atom. The first-order valence-corrected chi connectivity index (χ1v) is 13.1. The molecule has 0 aliphatic heterocycles. The SMILES string of the molecule is CN(C)S(=O)(=O)N(Cc1ccc(C(=O)NC(c2ccccc2)c2ccccc2)cc1)c1ccccc1F. The van der Waals surface area contributed by atoms with Crippen LogP contribution >= 0.6 is 0 Å². The Bertz CT molecular complexity index is 1410. The number of carbonyl (C=O) groups is 1. The number of rotatable bonds is 9. The molecule has 0 saturated heterocycles. The summed E-state index contributed by atoms with van der Waals surface area (Å²) < 4.78 is 42.5. The molecule has 4 aromatic carbocycles. The Hall–Kier alpha value is -4.01. The lowest BCUT2D eigenvalue weighted by Crippen LogP contribution is -2.40. The maximum Gasteiger partial charge on any atom is 0.303 e. The third kappa shape index (κ3) is 6.04. The fraction of sp³-hybridized carbons (Fsp3) is 0.138. The standard InChI is InChI=1S/C29H28FN3O3S/c1-32(2)37(35,36)33(27-16-10-9-15-26(27)30)21-22-17-19-25(20-18-22)29(34)31-28(23-11-5-3-6-12-23)24-13-7-4-8-14-24/h3-20,28H,21H2,1-2H3,(H,31,34). The van der Waals surface area contributed by atoms with Gasteiger partial charge in [0.2, 0.25) is 0 Å². The minimum Gasteiger partial charge on any atom is -0.341 e. The molecule has 0 heterocycles. The summed E-state index contributed by atoms with van der Waals surface area (Å²) in [6.07, 6.45) is 0. The fourth-order valence-corrected chi connectivity index (χ4v) is 5.04. The van der Waals surface area contributed by atoms with Gasteiger partial charge >= 0.3 is 10.2 Å². The lowest BCUT2D eigenvalue weighted by molar-refractivity contribution is 0.0943. The summed E-state index contributed by atoms with van der Waals surface area (Å²) in [5.41, 5.74) is 2.88. The van der Waals surface area contributed by atoms with Gasteiger partial charge in [0.05, 0.1) is 18.3 Å². The minimum atomic E-state index is -3.97. The number of carbonyl (C=O) groups excluding carboxylic acids is 1. The number of hydrogen-bond acceptors (Lipinski definition) is 3. The number of nitrogens with one attached hydrogen (secondary N) is 1. The number of benzene rings is 4. The molecule has 0 fully saturated rings. The Balaban J connectivity index is 1.57. The molecule has 0 aliphatic rings. The van der Waals surface area contributed by atoms with Gasteiger partial charge in [-0.3, -0.25) is 9.10 Å². The van der Waals surface area contributed by atoms with Crippen molar-refractivity contribution in [3.8, 4) is 0 Å². The molecule has 0 spiro atoms. The lowest BCUT2D eigenvalue weighted by Gasteiger charge is -2.27. The van der Waals surface area contributed by atoms with Crippen LogP contribution in [0, 0.1) is 5.82 Å². The van der Waals surface area contributed by atoms with Gasteiger partial charge in [-0.25, -0.2) is 4.39 Å². The number of amides is 1. The molecule has 0 aliphatic carbocycles. The van der Waals surface area contributed by atoms with E-state index in [1.807, 2.05) is 60.7 Å². The van der Waals surface area contributed by atoms with E-state index in [9.17, 15) is 17.6 Å². The second-order valence-electron chi connectivity index (χ2n) is 8.67. The molecule has 0 radical (unpaired) electrons. The van der Waals surface area contributed by atoms with E-state index in [1.165, 1.54) is 32.3 Å². The number of hydrogen-bond donors (Lipinski definition) is 1. The summed E-state index contributed by atoms with van der Waals surface area (Å²) in [6.45, 7) is -0.0972. The van der Waals surface area contributed by atoms with Crippen molar-refractivity contribution in [2.45, 2.75) is 12.6 Å². The van der Waals surface area contributed by atoms with Crippen molar-refractivity contribution in [3.05, 3.63) is 137 Å². The zero-order chi connectivity index (χ0) is 26.4. The Kier molecular flexibility index (Phi) is 8.01. The smallest absolute Gasteiger partial charge is 0.303 e. The van der Waals surface area contributed by atoms with Crippen molar-refractivity contribution in [2.75, 3.05) is 18.4 Å². The minimum absolute atomic E-state index is 0.0495. The highest BCUT2D eigenvalue weighted by Crippen LogP contribution is 2.26. The van der Waals surface area contributed by atoms with Crippen LogP contribution in [-0.4, -0.2) is 32.7 Å². The van der Waals surface area contributed by atoms with Gasteiger partial charge in [-0.15, -0.1) is 0 Å². The average molecular weight is 518 g/mol. The molecule has 0 bridgehead atoms. The van der Waals surface area contributed by atoms with Gasteiger partial charge in [-0.1, -0.05) is 84.9 Å². The molecular formula is C29H28FN3O3S. The molecule has 0 saturated carbocycles. The molecule has 190 valence electrons. The van der Waals surface area contributed by atoms with Gasteiger partial charge in [0.15, 0.2) is 0 Å². The van der Waals surface area contributed by atoms with Crippen LogP contribution in [0.2, 0.25) is 0 Å². The molecule has 4 rings (SSSR count).